The van der Waals surface area contributed by atoms with Gasteiger partial charge in [0.15, 0.2) is 0 Å². The molecule has 1 atom stereocenters. The number of ether oxygens (including phenoxy) is 2. The Morgan fingerprint density at radius 1 is 1.13 bits per heavy atom. The number of benzene rings is 2. The van der Waals surface area contributed by atoms with Crippen LogP contribution in [-0.4, -0.2) is 19.7 Å². The Morgan fingerprint density at radius 2 is 1.87 bits per heavy atom. The third-order valence-corrected chi connectivity index (χ3v) is 4.29. The van der Waals surface area contributed by atoms with Gasteiger partial charge in [-0.3, -0.25) is 0 Å². The first-order valence-corrected chi connectivity index (χ1v) is 7.78. The zero-order valence-corrected chi connectivity index (χ0v) is 13.6. The van der Waals surface area contributed by atoms with Crippen LogP contribution in [0.5, 0.6) is 5.75 Å². The lowest BCUT2D eigenvalue weighted by atomic mass is 9.88. The fourth-order valence-corrected chi connectivity index (χ4v) is 3.24. The van der Waals surface area contributed by atoms with Gasteiger partial charge in [-0.1, -0.05) is 36.4 Å². The molecule has 118 valence electrons. The quantitative estimate of drug-likeness (QED) is 0.795. The molecule has 23 heavy (non-hydrogen) atoms. The fourth-order valence-electron chi connectivity index (χ4n) is 3.24. The van der Waals surface area contributed by atoms with E-state index in [4.69, 9.17) is 9.47 Å². The predicted molar refractivity (Wildman–Crippen MR) is 90.5 cm³/mol. The van der Waals surface area contributed by atoms with E-state index in [0.717, 1.165) is 33.6 Å². The molecule has 0 heterocycles. The summed E-state index contributed by atoms with van der Waals surface area (Å²) in [5.41, 5.74) is 4.97. The molecular weight excluding hydrogens is 288 g/mol. The lowest BCUT2D eigenvalue weighted by molar-refractivity contribution is -0.138. The van der Waals surface area contributed by atoms with Crippen LogP contribution in [0.4, 0.5) is 0 Å². The van der Waals surface area contributed by atoms with Crippen molar-refractivity contribution in [1.82, 2.24) is 0 Å². The zero-order valence-electron chi connectivity index (χ0n) is 13.6. The topological polar surface area (TPSA) is 35.5 Å². The van der Waals surface area contributed by atoms with Crippen molar-refractivity contribution in [3.8, 4) is 5.75 Å². The maximum Gasteiger partial charge on any atom is 0.335 e. The second-order valence-corrected chi connectivity index (χ2v) is 5.56. The summed E-state index contributed by atoms with van der Waals surface area (Å²) in [4.78, 5) is 12.6. The Labute approximate surface area is 136 Å². The van der Waals surface area contributed by atoms with Crippen molar-refractivity contribution in [2.75, 3.05) is 13.7 Å². The number of carbonyl (C=O) groups excluding carboxylic acids is 1. The Hall–Kier alpha value is -2.55. The van der Waals surface area contributed by atoms with Gasteiger partial charge in [-0.25, -0.2) is 4.79 Å². The van der Waals surface area contributed by atoms with Crippen molar-refractivity contribution in [2.24, 2.45) is 0 Å². The van der Waals surface area contributed by atoms with Crippen molar-refractivity contribution >= 4 is 11.5 Å². The van der Waals surface area contributed by atoms with Crippen LogP contribution < -0.4 is 4.74 Å². The molecule has 0 aliphatic heterocycles. The van der Waals surface area contributed by atoms with Crippen molar-refractivity contribution in [3.05, 3.63) is 70.8 Å². The Morgan fingerprint density at radius 3 is 2.52 bits per heavy atom. The van der Waals surface area contributed by atoms with E-state index >= 15 is 0 Å². The van der Waals surface area contributed by atoms with Gasteiger partial charge in [0.25, 0.3) is 0 Å². The van der Waals surface area contributed by atoms with Gasteiger partial charge in [0.2, 0.25) is 0 Å². The highest BCUT2D eigenvalue weighted by Crippen LogP contribution is 2.46. The maximum atomic E-state index is 12.6. The van der Waals surface area contributed by atoms with Crippen molar-refractivity contribution in [1.29, 1.82) is 0 Å². The first-order chi connectivity index (χ1) is 11.2. The third kappa shape index (κ3) is 2.63. The van der Waals surface area contributed by atoms with Crippen LogP contribution in [0, 0.1) is 0 Å². The molecule has 0 amide bonds. The SMILES string of the molecule is CCOC(=O)C1=C(C)c2ccc(OC)cc2C1c1ccccc1. The smallest absolute Gasteiger partial charge is 0.335 e. The molecule has 0 spiro atoms. The van der Waals surface area contributed by atoms with Crippen LogP contribution in [0.1, 0.15) is 36.5 Å². The van der Waals surface area contributed by atoms with Crippen molar-refractivity contribution in [2.45, 2.75) is 19.8 Å². The fraction of sp³-hybridized carbons (Fsp3) is 0.250. The van der Waals surface area contributed by atoms with Gasteiger partial charge < -0.3 is 9.47 Å². The minimum absolute atomic E-state index is 0.111. The third-order valence-electron chi connectivity index (χ3n) is 4.29. The average molecular weight is 308 g/mol. The molecule has 0 radical (unpaired) electrons. The first-order valence-electron chi connectivity index (χ1n) is 7.78. The summed E-state index contributed by atoms with van der Waals surface area (Å²) in [6.45, 7) is 4.19. The second kappa shape index (κ2) is 6.29. The standard InChI is InChI=1S/C20H20O3/c1-4-23-20(21)18-13(2)16-11-10-15(22-3)12-17(16)19(18)14-8-6-5-7-9-14/h5-12,19H,4H2,1-3H3. The van der Waals surface area contributed by atoms with E-state index in [1.54, 1.807) is 7.11 Å². The maximum absolute atomic E-state index is 12.6. The highest BCUT2D eigenvalue weighted by Gasteiger charge is 2.35. The number of rotatable bonds is 4. The number of carbonyl (C=O) groups is 1. The van der Waals surface area contributed by atoms with Crippen LogP contribution in [0.2, 0.25) is 0 Å². The zero-order chi connectivity index (χ0) is 16.4. The molecular formula is C20H20O3. The predicted octanol–water partition coefficient (Wildman–Crippen LogP) is 4.18. The van der Waals surface area contributed by atoms with E-state index in [-0.39, 0.29) is 11.9 Å². The largest absolute Gasteiger partial charge is 0.497 e. The van der Waals surface area contributed by atoms with Gasteiger partial charge in [0.1, 0.15) is 5.75 Å². The molecule has 2 aromatic rings. The van der Waals surface area contributed by atoms with Gasteiger partial charge in [0.05, 0.1) is 19.3 Å². The number of hydrogen-bond acceptors (Lipinski definition) is 3. The van der Waals surface area contributed by atoms with Gasteiger partial charge in [-0.2, -0.15) is 0 Å². The number of esters is 1. The molecule has 3 nitrogen and oxygen atoms in total. The summed E-state index contributed by atoms with van der Waals surface area (Å²) >= 11 is 0. The summed E-state index contributed by atoms with van der Waals surface area (Å²) in [6, 6.07) is 16.0. The van der Waals surface area contributed by atoms with Crippen molar-refractivity contribution in [3.63, 3.8) is 0 Å². The summed E-state index contributed by atoms with van der Waals surface area (Å²) < 4.78 is 10.7. The van der Waals surface area contributed by atoms with Crippen LogP contribution in [0.25, 0.3) is 5.57 Å². The normalized spacial score (nSPS) is 16.2. The highest BCUT2D eigenvalue weighted by atomic mass is 16.5. The van der Waals surface area contributed by atoms with Crippen molar-refractivity contribution < 1.29 is 14.3 Å². The Kier molecular flexibility index (Phi) is 4.20. The minimum Gasteiger partial charge on any atom is -0.497 e. The van der Waals surface area contributed by atoms with Crippen LogP contribution in [-0.2, 0) is 9.53 Å². The monoisotopic (exact) mass is 308 g/mol. The number of methoxy groups -OCH3 is 1. The molecule has 0 aromatic heterocycles. The Bertz CT molecular complexity index is 760. The molecule has 3 rings (SSSR count). The van der Waals surface area contributed by atoms with Crippen LogP contribution in [0.3, 0.4) is 0 Å². The number of hydrogen-bond donors (Lipinski definition) is 0. The van der Waals surface area contributed by atoms with Crippen LogP contribution >= 0.6 is 0 Å². The van der Waals surface area contributed by atoms with E-state index in [0.29, 0.717) is 6.61 Å². The first kappa shape index (κ1) is 15.3. The lowest BCUT2D eigenvalue weighted by Crippen LogP contribution is -2.13. The molecule has 0 N–H and O–H groups in total. The summed E-state index contributed by atoms with van der Waals surface area (Å²) in [7, 11) is 1.65. The molecule has 2 aromatic carbocycles. The number of allylic oxidation sites excluding steroid dienone is 1. The molecule has 3 heteroatoms. The summed E-state index contributed by atoms with van der Waals surface area (Å²) in [5, 5.41) is 0. The molecule has 0 saturated carbocycles. The van der Waals surface area contributed by atoms with E-state index in [2.05, 4.69) is 0 Å². The number of fused-ring (bicyclic) bond motifs is 1. The molecule has 1 aliphatic rings. The van der Waals surface area contributed by atoms with E-state index in [1.165, 1.54) is 0 Å². The minimum atomic E-state index is -0.242. The average Bonchev–Trinajstić information content (AvgIpc) is 2.88. The van der Waals surface area contributed by atoms with E-state index < -0.39 is 0 Å². The molecule has 1 aliphatic carbocycles. The van der Waals surface area contributed by atoms with E-state index in [1.807, 2.05) is 62.4 Å². The highest BCUT2D eigenvalue weighted by molar-refractivity contribution is 6.03. The summed E-state index contributed by atoms with van der Waals surface area (Å²) in [6.07, 6.45) is 0. The van der Waals surface area contributed by atoms with E-state index in [9.17, 15) is 4.79 Å². The van der Waals surface area contributed by atoms with Gasteiger partial charge in [0, 0.05) is 5.92 Å². The Balaban J connectivity index is 2.18. The lowest BCUT2D eigenvalue weighted by Gasteiger charge is -2.17. The second-order valence-electron chi connectivity index (χ2n) is 5.56. The molecule has 1 unspecified atom stereocenters. The molecule has 0 fully saturated rings. The molecule has 0 saturated heterocycles. The summed E-state index contributed by atoms with van der Waals surface area (Å²) in [5.74, 6) is 0.442. The van der Waals surface area contributed by atoms with Gasteiger partial charge in [-0.05, 0) is 48.2 Å². The van der Waals surface area contributed by atoms with Crippen LogP contribution in [0.15, 0.2) is 54.1 Å². The molecule has 0 bridgehead atoms. The van der Waals surface area contributed by atoms with Gasteiger partial charge >= 0.3 is 5.97 Å². The van der Waals surface area contributed by atoms with Gasteiger partial charge in [-0.15, -0.1) is 0 Å².